The number of carbonyl (C=O) groups excluding carboxylic acids is 1. The normalized spacial score (nSPS) is 16.3. The van der Waals surface area contributed by atoms with Crippen molar-refractivity contribution in [3.63, 3.8) is 0 Å². The summed E-state index contributed by atoms with van der Waals surface area (Å²) in [6.45, 7) is 4.50. The number of rotatable bonds is 2. The highest BCUT2D eigenvalue weighted by molar-refractivity contribution is 9.10. The van der Waals surface area contributed by atoms with Crippen LogP contribution in [0.15, 0.2) is 39.1 Å². The first-order chi connectivity index (χ1) is 8.65. The van der Waals surface area contributed by atoms with Crippen LogP contribution in [0.2, 0.25) is 0 Å². The lowest BCUT2D eigenvalue weighted by molar-refractivity contribution is -0.130. The predicted molar refractivity (Wildman–Crippen MR) is 72.5 cm³/mol. The molecule has 1 heterocycles. The van der Waals surface area contributed by atoms with Gasteiger partial charge in [-0.2, -0.15) is 0 Å². The molecular weight excluding hydrogens is 296 g/mol. The van der Waals surface area contributed by atoms with E-state index in [9.17, 15) is 4.79 Å². The Kier molecular flexibility index (Phi) is 4.30. The molecule has 1 saturated heterocycles. The summed E-state index contributed by atoms with van der Waals surface area (Å²) in [4.78, 5) is 13.0. The van der Waals surface area contributed by atoms with Crippen molar-refractivity contribution in [3.8, 4) is 0 Å². The summed E-state index contributed by atoms with van der Waals surface area (Å²) in [5, 5.41) is 10.2. The summed E-state index contributed by atoms with van der Waals surface area (Å²) in [6.07, 6.45) is 0. The van der Waals surface area contributed by atoms with Gasteiger partial charge in [0.15, 0.2) is 0 Å². The second kappa shape index (κ2) is 5.95. The first-order valence-electron chi connectivity index (χ1n) is 5.83. The molecule has 18 heavy (non-hydrogen) atoms. The number of halogens is 1. The molecule has 0 aromatic heterocycles. The average Bonchev–Trinajstić information content (AvgIpc) is 2.38. The van der Waals surface area contributed by atoms with Crippen LogP contribution < -0.4 is 0 Å². The van der Waals surface area contributed by atoms with Gasteiger partial charge in [-0.3, -0.25) is 9.80 Å². The van der Waals surface area contributed by atoms with E-state index in [2.05, 4.69) is 26.3 Å². The largest absolute Gasteiger partial charge is 0.339 e. The lowest BCUT2D eigenvalue weighted by atomic mass is 10.3. The van der Waals surface area contributed by atoms with Crippen LogP contribution in [0.5, 0.6) is 0 Å². The van der Waals surface area contributed by atoms with Gasteiger partial charge in [-0.15, -0.1) is 5.11 Å². The first-order valence-corrected chi connectivity index (χ1v) is 6.62. The van der Waals surface area contributed by atoms with E-state index >= 15 is 0 Å². The maximum absolute atomic E-state index is 11.2. The molecular formula is C12H15BrN4O. The highest BCUT2D eigenvalue weighted by Crippen LogP contribution is 2.17. The number of nitrogens with zero attached hydrogens (tertiary/aromatic N) is 4. The minimum Gasteiger partial charge on any atom is -0.339 e. The molecule has 2 rings (SSSR count). The van der Waals surface area contributed by atoms with Crippen LogP contribution in [0, 0.1) is 0 Å². The van der Waals surface area contributed by atoms with Gasteiger partial charge in [-0.05, 0) is 24.3 Å². The van der Waals surface area contributed by atoms with Crippen molar-refractivity contribution in [2.75, 3.05) is 26.2 Å². The zero-order valence-electron chi connectivity index (χ0n) is 10.2. The van der Waals surface area contributed by atoms with Gasteiger partial charge in [0.25, 0.3) is 0 Å². The van der Waals surface area contributed by atoms with Crippen LogP contribution >= 0.6 is 15.9 Å². The molecule has 6 heteroatoms. The van der Waals surface area contributed by atoms with Gasteiger partial charge in [0.1, 0.15) is 0 Å². The lowest BCUT2D eigenvalue weighted by Crippen LogP contribution is -2.45. The molecule has 1 aliphatic rings. The van der Waals surface area contributed by atoms with Crippen LogP contribution in [-0.2, 0) is 4.79 Å². The molecule has 0 atom stereocenters. The van der Waals surface area contributed by atoms with Crippen molar-refractivity contribution >= 4 is 27.5 Å². The van der Waals surface area contributed by atoms with E-state index in [1.165, 1.54) is 0 Å². The van der Waals surface area contributed by atoms with Crippen LogP contribution in [0.3, 0.4) is 0 Å². The smallest absolute Gasteiger partial charge is 0.219 e. The molecule has 0 saturated carbocycles. The molecule has 96 valence electrons. The number of hydrogen-bond donors (Lipinski definition) is 0. The molecule has 0 radical (unpaired) electrons. The second-order valence-corrected chi connectivity index (χ2v) is 5.04. The summed E-state index contributed by atoms with van der Waals surface area (Å²) in [5.74, 6) is 0.125. The van der Waals surface area contributed by atoms with E-state index < -0.39 is 0 Å². The van der Waals surface area contributed by atoms with Crippen LogP contribution in [-0.4, -0.2) is 42.0 Å². The summed E-state index contributed by atoms with van der Waals surface area (Å²) < 4.78 is 1.02. The van der Waals surface area contributed by atoms with Crippen LogP contribution in [0.4, 0.5) is 5.69 Å². The SMILES string of the molecule is CC(=O)N1CCN(N=Nc2ccc(Br)cc2)CC1. The summed E-state index contributed by atoms with van der Waals surface area (Å²) in [7, 11) is 0. The van der Waals surface area contributed by atoms with Gasteiger partial charge in [0, 0.05) is 24.5 Å². The van der Waals surface area contributed by atoms with Crippen LogP contribution in [0.25, 0.3) is 0 Å². The third kappa shape index (κ3) is 3.53. The summed E-state index contributed by atoms with van der Waals surface area (Å²) >= 11 is 3.37. The fourth-order valence-corrected chi connectivity index (χ4v) is 1.99. The molecule has 5 nitrogen and oxygen atoms in total. The Balaban J connectivity index is 1.87. The average molecular weight is 311 g/mol. The third-order valence-electron chi connectivity index (χ3n) is 2.81. The molecule has 1 fully saturated rings. The van der Waals surface area contributed by atoms with Gasteiger partial charge >= 0.3 is 0 Å². The lowest BCUT2D eigenvalue weighted by Gasteiger charge is -2.31. The van der Waals surface area contributed by atoms with Crippen LogP contribution in [0.1, 0.15) is 6.92 Å². The Morgan fingerprint density at radius 1 is 1.17 bits per heavy atom. The Morgan fingerprint density at radius 3 is 2.33 bits per heavy atom. The Bertz CT molecular complexity index is 438. The van der Waals surface area contributed by atoms with E-state index in [-0.39, 0.29) is 5.91 Å². The molecule has 0 aliphatic carbocycles. The standard InChI is InChI=1S/C12H15BrN4O/c1-10(18)16-6-8-17(9-7-16)15-14-12-4-2-11(13)3-5-12/h2-5H,6-9H2,1H3. The number of hydrogen-bond acceptors (Lipinski definition) is 3. The quantitative estimate of drug-likeness (QED) is 0.788. The van der Waals surface area contributed by atoms with Crippen molar-refractivity contribution in [2.45, 2.75) is 6.92 Å². The molecule has 1 aliphatic heterocycles. The molecule has 0 bridgehead atoms. The number of benzene rings is 1. The topological polar surface area (TPSA) is 48.3 Å². The zero-order chi connectivity index (χ0) is 13.0. The molecule has 1 aromatic rings. The molecule has 0 unspecified atom stereocenters. The Labute approximate surface area is 115 Å². The predicted octanol–water partition coefficient (Wildman–Crippen LogP) is 2.61. The molecule has 0 spiro atoms. The van der Waals surface area contributed by atoms with Crippen molar-refractivity contribution in [2.24, 2.45) is 10.3 Å². The van der Waals surface area contributed by atoms with Gasteiger partial charge in [0.2, 0.25) is 5.91 Å². The fraction of sp³-hybridized carbons (Fsp3) is 0.417. The summed E-state index contributed by atoms with van der Waals surface area (Å²) in [5.41, 5.74) is 0.826. The van der Waals surface area contributed by atoms with Crippen molar-refractivity contribution in [1.29, 1.82) is 0 Å². The number of carbonyl (C=O) groups is 1. The van der Waals surface area contributed by atoms with Crippen molar-refractivity contribution in [1.82, 2.24) is 9.91 Å². The monoisotopic (exact) mass is 310 g/mol. The Morgan fingerprint density at radius 2 is 1.78 bits per heavy atom. The van der Waals surface area contributed by atoms with Crippen molar-refractivity contribution in [3.05, 3.63) is 28.7 Å². The third-order valence-corrected chi connectivity index (χ3v) is 3.34. The van der Waals surface area contributed by atoms with E-state index in [0.717, 1.165) is 23.2 Å². The molecule has 0 N–H and O–H groups in total. The van der Waals surface area contributed by atoms with Gasteiger partial charge in [0.05, 0.1) is 18.8 Å². The molecule has 1 amide bonds. The highest BCUT2D eigenvalue weighted by Gasteiger charge is 2.17. The maximum atomic E-state index is 11.2. The number of amides is 1. The minimum atomic E-state index is 0.125. The number of piperazine rings is 1. The minimum absolute atomic E-state index is 0.125. The van der Waals surface area contributed by atoms with Gasteiger partial charge < -0.3 is 4.90 Å². The maximum Gasteiger partial charge on any atom is 0.219 e. The van der Waals surface area contributed by atoms with E-state index in [4.69, 9.17) is 0 Å². The van der Waals surface area contributed by atoms with Gasteiger partial charge in [-0.1, -0.05) is 21.2 Å². The van der Waals surface area contributed by atoms with Gasteiger partial charge in [-0.25, -0.2) is 0 Å². The second-order valence-electron chi connectivity index (χ2n) is 4.13. The summed E-state index contributed by atoms with van der Waals surface area (Å²) in [6, 6.07) is 7.67. The fourth-order valence-electron chi connectivity index (χ4n) is 1.72. The highest BCUT2D eigenvalue weighted by atomic mass is 79.9. The first kappa shape index (κ1) is 13.0. The van der Waals surface area contributed by atoms with Crippen molar-refractivity contribution < 1.29 is 4.79 Å². The zero-order valence-corrected chi connectivity index (χ0v) is 11.8. The van der Waals surface area contributed by atoms with E-state index in [0.29, 0.717) is 13.1 Å². The van der Waals surface area contributed by atoms with E-state index in [1.807, 2.05) is 34.2 Å². The molecule has 1 aromatic carbocycles. The Hall–Kier alpha value is -1.43. The van der Waals surface area contributed by atoms with E-state index in [1.54, 1.807) is 6.92 Å².